The zero-order valence-electron chi connectivity index (χ0n) is 14.1. The number of non-ortho nitro benzene ring substituents is 1. The van der Waals surface area contributed by atoms with Crippen molar-refractivity contribution in [3.63, 3.8) is 0 Å². The molecule has 2 rings (SSSR count). The van der Waals surface area contributed by atoms with Crippen molar-refractivity contribution in [2.75, 3.05) is 13.1 Å². The van der Waals surface area contributed by atoms with Gasteiger partial charge in [-0.1, -0.05) is 12.1 Å². The van der Waals surface area contributed by atoms with Crippen molar-refractivity contribution < 1.29 is 14.5 Å². The van der Waals surface area contributed by atoms with Crippen LogP contribution >= 0.6 is 11.3 Å². The van der Waals surface area contributed by atoms with Crippen LogP contribution in [0.5, 0.6) is 0 Å². The molecule has 7 nitrogen and oxygen atoms in total. The largest absolute Gasteiger partial charge is 0.352 e. The molecule has 0 bridgehead atoms. The second-order valence-electron chi connectivity index (χ2n) is 5.45. The lowest BCUT2D eigenvalue weighted by atomic mass is 10.2. The fourth-order valence-electron chi connectivity index (χ4n) is 2.28. The van der Waals surface area contributed by atoms with Gasteiger partial charge in [0.25, 0.3) is 11.6 Å². The predicted octanol–water partition coefficient (Wildman–Crippen LogP) is 2.99. The van der Waals surface area contributed by atoms with Crippen LogP contribution in [0.3, 0.4) is 0 Å². The van der Waals surface area contributed by atoms with E-state index in [-0.39, 0.29) is 30.5 Å². The van der Waals surface area contributed by atoms with Gasteiger partial charge in [0.1, 0.15) is 0 Å². The first-order valence-corrected chi connectivity index (χ1v) is 8.83. The Kier molecular flexibility index (Phi) is 7.04. The summed E-state index contributed by atoms with van der Waals surface area (Å²) >= 11 is 1.58. The highest BCUT2D eigenvalue weighted by molar-refractivity contribution is 7.09. The second-order valence-corrected chi connectivity index (χ2v) is 6.48. The molecule has 0 aliphatic carbocycles. The summed E-state index contributed by atoms with van der Waals surface area (Å²) in [6, 6.07) is 9.21. The van der Waals surface area contributed by atoms with Crippen LogP contribution in [0.15, 0.2) is 54.4 Å². The van der Waals surface area contributed by atoms with Gasteiger partial charge in [-0.15, -0.1) is 17.9 Å². The van der Waals surface area contributed by atoms with Gasteiger partial charge in [0.2, 0.25) is 5.91 Å². The number of amides is 2. The van der Waals surface area contributed by atoms with Crippen LogP contribution in [0.1, 0.15) is 21.7 Å². The topological polar surface area (TPSA) is 92.6 Å². The van der Waals surface area contributed by atoms with Crippen LogP contribution in [0, 0.1) is 10.1 Å². The molecule has 2 aromatic rings. The maximum absolute atomic E-state index is 12.4. The van der Waals surface area contributed by atoms with E-state index in [2.05, 4.69) is 11.9 Å². The molecule has 0 radical (unpaired) electrons. The molecule has 1 aromatic carbocycles. The number of hydrogen-bond donors (Lipinski definition) is 1. The van der Waals surface area contributed by atoms with E-state index in [0.717, 1.165) is 4.88 Å². The van der Waals surface area contributed by atoms with Gasteiger partial charge < -0.3 is 10.2 Å². The molecule has 0 saturated carbocycles. The molecular formula is C18H19N3O4S. The van der Waals surface area contributed by atoms with Crippen molar-refractivity contribution in [2.24, 2.45) is 0 Å². The van der Waals surface area contributed by atoms with Crippen LogP contribution in [0.25, 0.3) is 0 Å². The lowest BCUT2D eigenvalue weighted by Gasteiger charge is -2.20. The molecule has 0 aliphatic heterocycles. The van der Waals surface area contributed by atoms with E-state index in [1.165, 1.54) is 24.3 Å². The number of benzene rings is 1. The quantitative estimate of drug-likeness (QED) is 0.415. The van der Waals surface area contributed by atoms with Crippen molar-refractivity contribution in [3.8, 4) is 0 Å². The molecule has 26 heavy (non-hydrogen) atoms. The minimum absolute atomic E-state index is 0.0784. The molecular weight excluding hydrogens is 354 g/mol. The molecule has 0 spiro atoms. The van der Waals surface area contributed by atoms with Crippen LogP contribution in [0.2, 0.25) is 0 Å². The number of nitrogens with one attached hydrogen (secondary N) is 1. The lowest BCUT2D eigenvalue weighted by Crippen LogP contribution is -2.34. The van der Waals surface area contributed by atoms with E-state index in [4.69, 9.17) is 0 Å². The molecule has 0 aliphatic rings. The fraction of sp³-hybridized carbons (Fsp3) is 0.222. The van der Waals surface area contributed by atoms with Gasteiger partial charge in [-0.25, -0.2) is 0 Å². The van der Waals surface area contributed by atoms with E-state index >= 15 is 0 Å². The average molecular weight is 373 g/mol. The van der Waals surface area contributed by atoms with Crippen LogP contribution in [-0.2, 0) is 11.3 Å². The summed E-state index contributed by atoms with van der Waals surface area (Å²) in [4.78, 5) is 37.2. The Labute approximate surface area is 155 Å². The molecule has 136 valence electrons. The Morgan fingerprint density at radius 1 is 1.27 bits per heavy atom. The third-order valence-electron chi connectivity index (χ3n) is 3.59. The zero-order chi connectivity index (χ0) is 18.9. The van der Waals surface area contributed by atoms with E-state index in [0.29, 0.717) is 18.7 Å². The summed E-state index contributed by atoms with van der Waals surface area (Å²) in [7, 11) is 0. The average Bonchev–Trinajstić information content (AvgIpc) is 3.14. The standard InChI is InChI=1S/C18H19N3O4S/c1-2-11-20(13-16-4-3-12-26-16)17(22)9-10-19-18(23)14-5-7-15(8-6-14)21(24)25/h2-8,12H,1,9-11,13H2,(H,19,23). The van der Waals surface area contributed by atoms with Gasteiger partial charge in [-0.2, -0.15) is 0 Å². The minimum atomic E-state index is -0.526. The maximum Gasteiger partial charge on any atom is 0.269 e. The Hall–Kier alpha value is -3.00. The molecule has 8 heteroatoms. The Bertz CT molecular complexity index is 772. The summed E-state index contributed by atoms with van der Waals surface area (Å²) < 4.78 is 0. The molecule has 1 aromatic heterocycles. The highest BCUT2D eigenvalue weighted by Crippen LogP contribution is 2.13. The number of rotatable bonds is 9. The third kappa shape index (κ3) is 5.52. The van der Waals surface area contributed by atoms with Gasteiger partial charge in [-0.05, 0) is 23.6 Å². The highest BCUT2D eigenvalue weighted by atomic mass is 32.1. The number of nitro benzene ring substituents is 1. The monoisotopic (exact) mass is 373 g/mol. The molecule has 1 N–H and O–H groups in total. The molecule has 0 atom stereocenters. The minimum Gasteiger partial charge on any atom is -0.352 e. The first-order chi connectivity index (χ1) is 12.5. The smallest absolute Gasteiger partial charge is 0.269 e. The van der Waals surface area contributed by atoms with E-state index in [1.807, 2.05) is 17.5 Å². The number of nitrogens with zero attached hydrogens (tertiary/aromatic N) is 2. The second kappa shape index (κ2) is 9.47. The van der Waals surface area contributed by atoms with Gasteiger partial charge in [-0.3, -0.25) is 19.7 Å². The van der Waals surface area contributed by atoms with Crippen LogP contribution < -0.4 is 5.32 Å². The lowest BCUT2D eigenvalue weighted by molar-refractivity contribution is -0.384. The van der Waals surface area contributed by atoms with Gasteiger partial charge in [0.15, 0.2) is 0 Å². The van der Waals surface area contributed by atoms with Crippen molar-refractivity contribution in [3.05, 3.63) is 75.0 Å². The Morgan fingerprint density at radius 3 is 2.58 bits per heavy atom. The van der Waals surface area contributed by atoms with Crippen LogP contribution in [-0.4, -0.2) is 34.7 Å². The number of nitro groups is 1. The van der Waals surface area contributed by atoms with E-state index in [9.17, 15) is 19.7 Å². The van der Waals surface area contributed by atoms with Gasteiger partial charge in [0, 0.05) is 42.1 Å². The predicted molar refractivity (Wildman–Crippen MR) is 100.0 cm³/mol. The summed E-state index contributed by atoms with van der Waals surface area (Å²) in [5.41, 5.74) is 0.231. The number of carbonyl (C=O) groups excluding carboxylic acids is 2. The van der Waals surface area contributed by atoms with E-state index < -0.39 is 4.92 Å². The third-order valence-corrected chi connectivity index (χ3v) is 4.45. The van der Waals surface area contributed by atoms with Crippen molar-refractivity contribution in [2.45, 2.75) is 13.0 Å². The molecule has 0 fully saturated rings. The van der Waals surface area contributed by atoms with Crippen molar-refractivity contribution in [1.82, 2.24) is 10.2 Å². The Balaban J connectivity index is 1.84. The summed E-state index contributed by atoms with van der Waals surface area (Å²) in [6.07, 6.45) is 1.83. The van der Waals surface area contributed by atoms with Gasteiger partial charge >= 0.3 is 0 Å². The number of thiophene rings is 1. The summed E-state index contributed by atoms with van der Waals surface area (Å²) in [5, 5.41) is 15.2. The first kappa shape index (κ1) is 19.3. The fourth-order valence-corrected chi connectivity index (χ4v) is 3.00. The number of carbonyl (C=O) groups is 2. The Morgan fingerprint density at radius 2 is 2.00 bits per heavy atom. The zero-order valence-corrected chi connectivity index (χ0v) is 14.9. The summed E-state index contributed by atoms with van der Waals surface area (Å²) in [5.74, 6) is -0.455. The first-order valence-electron chi connectivity index (χ1n) is 7.95. The van der Waals surface area contributed by atoms with E-state index in [1.54, 1.807) is 22.3 Å². The van der Waals surface area contributed by atoms with Gasteiger partial charge in [0.05, 0.1) is 11.5 Å². The highest BCUT2D eigenvalue weighted by Gasteiger charge is 2.14. The number of hydrogen-bond acceptors (Lipinski definition) is 5. The van der Waals surface area contributed by atoms with Crippen molar-refractivity contribution in [1.29, 1.82) is 0 Å². The molecule has 0 saturated heterocycles. The van der Waals surface area contributed by atoms with Crippen molar-refractivity contribution >= 4 is 28.8 Å². The SMILES string of the molecule is C=CCN(Cc1cccs1)C(=O)CCNC(=O)c1ccc([N+](=O)[O-])cc1. The molecule has 2 amide bonds. The maximum atomic E-state index is 12.4. The molecule has 1 heterocycles. The van der Waals surface area contributed by atoms with Crippen LogP contribution in [0.4, 0.5) is 5.69 Å². The molecule has 0 unspecified atom stereocenters. The normalized spacial score (nSPS) is 10.2. The summed E-state index contributed by atoms with van der Waals surface area (Å²) in [6.45, 7) is 4.81.